The van der Waals surface area contributed by atoms with E-state index < -0.39 is 36.0 Å². The van der Waals surface area contributed by atoms with Gasteiger partial charge in [-0.3, -0.25) is 0 Å². The number of hydrogen-bond acceptors (Lipinski definition) is 2. The number of halogens is 6. The summed E-state index contributed by atoms with van der Waals surface area (Å²) < 4.78 is 63.3. The van der Waals surface area contributed by atoms with E-state index in [0.717, 1.165) is 18.2 Å². The van der Waals surface area contributed by atoms with Crippen LogP contribution in [0.2, 0.25) is 0 Å². The van der Waals surface area contributed by atoms with E-state index in [1.165, 1.54) is 0 Å². The topological polar surface area (TPSA) is 35.8 Å². The molecule has 0 amide bonds. The molecule has 0 bridgehead atoms. The van der Waals surface area contributed by atoms with E-state index in [0.29, 0.717) is 0 Å². The van der Waals surface area contributed by atoms with E-state index in [2.05, 4.69) is 15.9 Å². The molecule has 18 heavy (non-hydrogen) atoms. The molecule has 8 heteroatoms. The van der Waals surface area contributed by atoms with Crippen LogP contribution in [-0.2, 0) is 0 Å². The van der Waals surface area contributed by atoms with Crippen molar-refractivity contribution < 1.29 is 22.0 Å². The summed E-state index contributed by atoms with van der Waals surface area (Å²) in [5, 5.41) is 10.3. The summed E-state index contributed by atoms with van der Waals surface area (Å²) in [5.74, 6) is -4.42. The second-order valence-corrected chi connectivity index (χ2v) is 4.26. The third kappa shape index (κ3) is 3.57. The van der Waals surface area contributed by atoms with Crippen LogP contribution in [0, 0.1) is 28.9 Å². The zero-order valence-electron chi connectivity index (χ0n) is 8.65. The molecule has 0 spiro atoms. The Balaban J connectivity index is 2.85. The SMILES string of the molecule is N#CC(CNc1c(F)cc(Br)cc1F)C(F)(F)F. The fraction of sp³-hybridized carbons (Fsp3) is 0.300. The minimum absolute atomic E-state index is 0.121. The molecule has 0 saturated heterocycles. The Hall–Kier alpha value is -1.36. The molecule has 1 atom stereocenters. The van der Waals surface area contributed by atoms with Crippen molar-refractivity contribution in [2.75, 3.05) is 11.9 Å². The van der Waals surface area contributed by atoms with Crippen LogP contribution in [0.25, 0.3) is 0 Å². The fourth-order valence-corrected chi connectivity index (χ4v) is 1.55. The summed E-state index contributed by atoms with van der Waals surface area (Å²) in [6.45, 7) is -0.921. The molecule has 0 saturated carbocycles. The van der Waals surface area contributed by atoms with Gasteiger partial charge in [-0.2, -0.15) is 18.4 Å². The summed E-state index contributed by atoms with van der Waals surface area (Å²) in [4.78, 5) is 0. The van der Waals surface area contributed by atoms with Crippen molar-refractivity contribution in [3.05, 3.63) is 28.2 Å². The Morgan fingerprint density at radius 2 is 1.78 bits per heavy atom. The average molecular weight is 329 g/mol. The molecule has 1 aromatic carbocycles. The third-order valence-electron chi connectivity index (χ3n) is 2.04. The van der Waals surface area contributed by atoms with Gasteiger partial charge in [-0.25, -0.2) is 8.78 Å². The monoisotopic (exact) mass is 328 g/mol. The number of nitrogens with one attached hydrogen (secondary N) is 1. The Labute approximate surface area is 108 Å². The summed E-state index contributed by atoms with van der Waals surface area (Å²) in [6, 6.07) is 2.83. The zero-order valence-corrected chi connectivity index (χ0v) is 10.2. The van der Waals surface area contributed by atoms with Crippen LogP contribution < -0.4 is 5.32 Å². The van der Waals surface area contributed by atoms with Crippen LogP contribution in [0.5, 0.6) is 0 Å². The van der Waals surface area contributed by atoms with Crippen molar-refractivity contribution in [1.82, 2.24) is 0 Å². The first kappa shape index (κ1) is 14.7. The standard InChI is InChI=1S/C10H6BrF5N2/c11-6-1-7(12)9(8(13)2-6)18-4-5(3-17)10(14,15)16/h1-2,5,18H,4H2. The van der Waals surface area contributed by atoms with E-state index in [9.17, 15) is 22.0 Å². The van der Waals surface area contributed by atoms with Crippen molar-refractivity contribution in [2.45, 2.75) is 6.18 Å². The summed E-state index contributed by atoms with van der Waals surface area (Å²) in [5.41, 5.74) is -0.692. The predicted octanol–water partition coefficient (Wildman–Crippen LogP) is 3.84. The highest BCUT2D eigenvalue weighted by atomic mass is 79.9. The number of alkyl halides is 3. The van der Waals surface area contributed by atoms with Gasteiger partial charge in [0.15, 0.2) is 5.92 Å². The first-order valence-electron chi connectivity index (χ1n) is 4.60. The van der Waals surface area contributed by atoms with Gasteiger partial charge in [0, 0.05) is 11.0 Å². The Morgan fingerprint density at radius 3 is 2.17 bits per heavy atom. The molecule has 2 nitrogen and oxygen atoms in total. The van der Waals surface area contributed by atoms with Gasteiger partial charge in [-0.05, 0) is 12.1 Å². The lowest BCUT2D eigenvalue weighted by Gasteiger charge is -2.15. The number of anilines is 1. The summed E-state index contributed by atoms with van der Waals surface area (Å²) >= 11 is 2.83. The lowest BCUT2D eigenvalue weighted by atomic mass is 10.1. The predicted molar refractivity (Wildman–Crippen MR) is 57.7 cm³/mol. The number of nitrogens with zero attached hydrogens (tertiary/aromatic N) is 1. The van der Waals surface area contributed by atoms with Gasteiger partial charge in [-0.15, -0.1) is 0 Å². The molecule has 1 rings (SSSR count). The first-order chi connectivity index (χ1) is 8.25. The molecule has 0 heterocycles. The molecule has 0 aliphatic rings. The van der Waals surface area contributed by atoms with Gasteiger partial charge in [-0.1, -0.05) is 15.9 Å². The minimum Gasteiger partial charge on any atom is -0.379 e. The van der Waals surface area contributed by atoms with Gasteiger partial charge in [0.05, 0.1) is 6.07 Å². The number of nitriles is 1. The molecule has 1 N–H and O–H groups in total. The highest BCUT2D eigenvalue weighted by Gasteiger charge is 2.39. The van der Waals surface area contributed by atoms with Crippen molar-refractivity contribution in [2.24, 2.45) is 5.92 Å². The molecule has 1 unspecified atom stereocenters. The van der Waals surface area contributed by atoms with Crippen LogP contribution in [0.15, 0.2) is 16.6 Å². The third-order valence-corrected chi connectivity index (χ3v) is 2.50. The quantitative estimate of drug-likeness (QED) is 0.856. The lowest BCUT2D eigenvalue weighted by Crippen LogP contribution is -2.28. The zero-order chi connectivity index (χ0) is 13.9. The summed E-state index contributed by atoms with van der Waals surface area (Å²) in [6.07, 6.45) is -4.75. The fourth-order valence-electron chi connectivity index (χ4n) is 1.15. The van der Waals surface area contributed by atoms with Gasteiger partial charge in [0.1, 0.15) is 17.3 Å². The van der Waals surface area contributed by atoms with E-state index in [1.807, 2.05) is 5.32 Å². The lowest BCUT2D eigenvalue weighted by molar-refractivity contribution is -0.155. The molecule has 0 aromatic heterocycles. The minimum atomic E-state index is -4.75. The Kier molecular flexibility index (Phi) is 4.51. The van der Waals surface area contributed by atoms with Gasteiger partial charge < -0.3 is 5.32 Å². The maximum absolute atomic E-state index is 13.3. The molecule has 98 valence electrons. The largest absolute Gasteiger partial charge is 0.406 e. The molecular weight excluding hydrogens is 323 g/mol. The van der Waals surface area contributed by atoms with E-state index >= 15 is 0 Å². The van der Waals surface area contributed by atoms with Crippen LogP contribution in [0.3, 0.4) is 0 Å². The molecular formula is C10H6BrF5N2. The summed E-state index contributed by atoms with van der Waals surface area (Å²) in [7, 11) is 0. The van der Waals surface area contributed by atoms with E-state index in [1.54, 1.807) is 0 Å². The smallest absolute Gasteiger partial charge is 0.379 e. The van der Waals surface area contributed by atoms with Crippen LogP contribution in [0.1, 0.15) is 0 Å². The van der Waals surface area contributed by atoms with Gasteiger partial charge in [0.2, 0.25) is 0 Å². The Morgan fingerprint density at radius 1 is 1.28 bits per heavy atom. The second-order valence-electron chi connectivity index (χ2n) is 3.35. The highest BCUT2D eigenvalue weighted by molar-refractivity contribution is 9.10. The van der Waals surface area contributed by atoms with Crippen LogP contribution in [-0.4, -0.2) is 12.7 Å². The van der Waals surface area contributed by atoms with Crippen molar-refractivity contribution in [1.29, 1.82) is 5.26 Å². The van der Waals surface area contributed by atoms with E-state index in [-0.39, 0.29) is 4.47 Å². The Bertz CT molecular complexity index is 457. The van der Waals surface area contributed by atoms with E-state index in [4.69, 9.17) is 5.26 Å². The maximum atomic E-state index is 13.3. The second kappa shape index (κ2) is 5.52. The van der Waals surface area contributed by atoms with Crippen molar-refractivity contribution >= 4 is 21.6 Å². The molecule has 0 aliphatic heterocycles. The molecule has 0 aliphatic carbocycles. The molecule has 0 fully saturated rings. The van der Waals surface area contributed by atoms with Crippen molar-refractivity contribution in [3.63, 3.8) is 0 Å². The average Bonchev–Trinajstić information content (AvgIpc) is 2.19. The number of benzene rings is 1. The first-order valence-corrected chi connectivity index (χ1v) is 5.39. The highest BCUT2D eigenvalue weighted by Crippen LogP contribution is 2.28. The molecule has 0 radical (unpaired) electrons. The number of rotatable bonds is 3. The maximum Gasteiger partial charge on any atom is 0.406 e. The van der Waals surface area contributed by atoms with Crippen LogP contribution in [0.4, 0.5) is 27.6 Å². The molecule has 1 aromatic rings. The van der Waals surface area contributed by atoms with Crippen LogP contribution >= 0.6 is 15.9 Å². The van der Waals surface area contributed by atoms with Crippen molar-refractivity contribution in [3.8, 4) is 6.07 Å². The number of hydrogen-bond donors (Lipinski definition) is 1. The van der Waals surface area contributed by atoms with Gasteiger partial charge >= 0.3 is 6.18 Å². The normalized spacial score (nSPS) is 12.9. The van der Waals surface area contributed by atoms with Gasteiger partial charge in [0.25, 0.3) is 0 Å².